The average Bonchev–Trinajstić information content (AvgIpc) is 2.47. The molecule has 5 nitrogen and oxygen atoms in total. The lowest BCUT2D eigenvalue weighted by Gasteiger charge is -2.05. The van der Waals surface area contributed by atoms with Crippen molar-refractivity contribution in [1.29, 1.82) is 0 Å². The van der Waals surface area contributed by atoms with Gasteiger partial charge in [0.15, 0.2) is 5.43 Å². The van der Waals surface area contributed by atoms with Gasteiger partial charge in [-0.1, -0.05) is 6.07 Å². The number of aromatic amines is 1. The van der Waals surface area contributed by atoms with E-state index in [9.17, 15) is 9.59 Å². The zero-order valence-electron chi connectivity index (χ0n) is 10.8. The van der Waals surface area contributed by atoms with Gasteiger partial charge in [-0.05, 0) is 19.1 Å². The first-order valence-corrected chi connectivity index (χ1v) is 6.28. The molecule has 0 unspecified atom stereocenters. The van der Waals surface area contributed by atoms with E-state index in [1.165, 1.54) is 12.3 Å². The number of pyridine rings is 2. The van der Waals surface area contributed by atoms with Crippen LogP contribution in [0.15, 0.2) is 41.5 Å². The highest BCUT2D eigenvalue weighted by Crippen LogP contribution is 2.20. The van der Waals surface area contributed by atoms with Crippen molar-refractivity contribution in [1.82, 2.24) is 9.97 Å². The molecule has 0 radical (unpaired) electrons. The molecule has 1 aromatic carbocycles. The molecule has 0 aliphatic carbocycles. The molecule has 0 spiro atoms. The van der Waals surface area contributed by atoms with Crippen LogP contribution < -0.4 is 5.43 Å². The molecule has 3 rings (SSSR count). The Balaban J connectivity index is 2.25. The Hall–Kier alpha value is -2.69. The van der Waals surface area contributed by atoms with Crippen LogP contribution >= 0.6 is 0 Å². The van der Waals surface area contributed by atoms with Gasteiger partial charge in [-0.2, -0.15) is 0 Å². The summed E-state index contributed by atoms with van der Waals surface area (Å²) in [6, 6.07) is 6.70. The molecule has 2 aromatic heterocycles. The average molecular weight is 268 g/mol. The molecule has 0 saturated heterocycles. The molecule has 0 fully saturated rings. The first kappa shape index (κ1) is 12.3. The number of carbonyl (C=O) groups is 1. The van der Waals surface area contributed by atoms with Crippen molar-refractivity contribution in [2.45, 2.75) is 6.92 Å². The van der Waals surface area contributed by atoms with Gasteiger partial charge < -0.3 is 9.72 Å². The lowest BCUT2D eigenvalue weighted by Crippen LogP contribution is -2.05. The number of hydrogen-bond donors (Lipinski definition) is 1. The zero-order valence-corrected chi connectivity index (χ0v) is 10.8. The van der Waals surface area contributed by atoms with E-state index < -0.39 is 5.97 Å². The van der Waals surface area contributed by atoms with Crippen molar-refractivity contribution in [3.05, 3.63) is 52.4 Å². The molecule has 3 aromatic rings. The van der Waals surface area contributed by atoms with Crippen molar-refractivity contribution in [3.8, 4) is 0 Å². The number of aromatic nitrogens is 2. The quantitative estimate of drug-likeness (QED) is 0.571. The molecule has 5 heteroatoms. The molecule has 0 atom stereocenters. The Labute approximate surface area is 114 Å². The number of carbonyl (C=O) groups excluding carboxylic acids is 1. The number of rotatable bonds is 2. The Morgan fingerprint density at radius 3 is 3.00 bits per heavy atom. The maximum atomic E-state index is 11.8. The number of benzene rings is 1. The van der Waals surface area contributed by atoms with Gasteiger partial charge in [-0.25, -0.2) is 4.79 Å². The molecule has 0 aliphatic heterocycles. The SMILES string of the molecule is CCOC(=O)c1cnc2c(ccc3c(=O)cc[nH]c32)c1. The van der Waals surface area contributed by atoms with Crippen LogP contribution in [-0.4, -0.2) is 22.5 Å². The number of hydrogen-bond acceptors (Lipinski definition) is 4. The fourth-order valence-corrected chi connectivity index (χ4v) is 2.17. The molecule has 1 N–H and O–H groups in total. The highest BCUT2D eigenvalue weighted by atomic mass is 16.5. The maximum Gasteiger partial charge on any atom is 0.339 e. The summed E-state index contributed by atoms with van der Waals surface area (Å²) in [6.45, 7) is 2.08. The van der Waals surface area contributed by atoms with E-state index in [0.717, 1.165) is 5.39 Å². The van der Waals surface area contributed by atoms with Crippen LogP contribution in [0.1, 0.15) is 17.3 Å². The van der Waals surface area contributed by atoms with Gasteiger partial charge in [0.05, 0.1) is 23.2 Å². The third-order valence-corrected chi connectivity index (χ3v) is 3.09. The molecular weight excluding hydrogens is 256 g/mol. The van der Waals surface area contributed by atoms with Gasteiger partial charge in [0.2, 0.25) is 0 Å². The van der Waals surface area contributed by atoms with Crippen molar-refractivity contribution in [2.24, 2.45) is 0 Å². The number of fused-ring (bicyclic) bond motifs is 3. The number of H-pyrrole nitrogens is 1. The fourth-order valence-electron chi connectivity index (χ4n) is 2.17. The van der Waals surface area contributed by atoms with E-state index in [0.29, 0.717) is 28.6 Å². The monoisotopic (exact) mass is 268 g/mol. The van der Waals surface area contributed by atoms with Crippen LogP contribution in [0.3, 0.4) is 0 Å². The lowest BCUT2D eigenvalue weighted by molar-refractivity contribution is 0.0526. The predicted octanol–water partition coefficient (Wildman–Crippen LogP) is 2.25. The van der Waals surface area contributed by atoms with E-state index in [2.05, 4.69) is 9.97 Å². The van der Waals surface area contributed by atoms with Crippen LogP contribution in [0, 0.1) is 0 Å². The molecule has 0 saturated carbocycles. The third kappa shape index (κ3) is 1.93. The second-order valence-electron chi connectivity index (χ2n) is 4.35. The van der Waals surface area contributed by atoms with E-state index in [4.69, 9.17) is 4.74 Å². The summed E-state index contributed by atoms with van der Waals surface area (Å²) < 4.78 is 4.95. The highest BCUT2D eigenvalue weighted by molar-refractivity contribution is 6.04. The lowest BCUT2D eigenvalue weighted by atomic mass is 10.1. The minimum atomic E-state index is -0.399. The highest BCUT2D eigenvalue weighted by Gasteiger charge is 2.10. The summed E-state index contributed by atoms with van der Waals surface area (Å²) in [5.41, 5.74) is 1.67. The van der Waals surface area contributed by atoms with Crippen LogP contribution in [0.2, 0.25) is 0 Å². The second-order valence-corrected chi connectivity index (χ2v) is 4.35. The van der Waals surface area contributed by atoms with Crippen LogP contribution in [0.4, 0.5) is 0 Å². The van der Waals surface area contributed by atoms with Crippen LogP contribution in [-0.2, 0) is 4.74 Å². The Morgan fingerprint density at radius 2 is 2.20 bits per heavy atom. The van der Waals surface area contributed by atoms with Crippen LogP contribution in [0.25, 0.3) is 21.8 Å². The smallest absolute Gasteiger partial charge is 0.339 e. The normalized spacial score (nSPS) is 10.8. The molecule has 0 amide bonds. The Bertz CT molecular complexity index is 868. The molecule has 20 heavy (non-hydrogen) atoms. The standard InChI is InChI=1S/C15H12N2O3/c1-2-20-15(19)10-7-9-3-4-11-12(18)5-6-16-14(11)13(9)17-8-10/h3-8H,2H2,1H3,(H,16,18). The zero-order chi connectivity index (χ0) is 14.1. The van der Waals surface area contributed by atoms with E-state index in [1.807, 2.05) is 0 Å². The minimum absolute atomic E-state index is 0.0584. The van der Waals surface area contributed by atoms with E-state index >= 15 is 0 Å². The van der Waals surface area contributed by atoms with Crippen molar-refractivity contribution >= 4 is 27.8 Å². The van der Waals surface area contributed by atoms with Gasteiger partial charge in [0, 0.05) is 29.2 Å². The van der Waals surface area contributed by atoms with Crippen molar-refractivity contribution < 1.29 is 9.53 Å². The summed E-state index contributed by atoms with van der Waals surface area (Å²) >= 11 is 0. The second kappa shape index (κ2) is 4.77. The van der Waals surface area contributed by atoms with Crippen molar-refractivity contribution in [3.63, 3.8) is 0 Å². The molecule has 100 valence electrons. The molecule has 2 heterocycles. The fraction of sp³-hybridized carbons (Fsp3) is 0.133. The summed E-state index contributed by atoms with van der Waals surface area (Å²) in [4.78, 5) is 30.8. The third-order valence-electron chi connectivity index (χ3n) is 3.09. The predicted molar refractivity (Wildman–Crippen MR) is 75.8 cm³/mol. The Kier molecular flexibility index (Phi) is 2.95. The van der Waals surface area contributed by atoms with Gasteiger partial charge in [0.25, 0.3) is 0 Å². The Morgan fingerprint density at radius 1 is 1.35 bits per heavy atom. The van der Waals surface area contributed by atoms with Gasteiger partial charge >= 0.3 is 5.97 Å². The molecular formula is C15H12N2O3. The largest absolute Gasteiger partial charge is 0.462 e. The van der Waals surface area contributed by atoms with Crippen molar-refractivity contribution in [2.75, 3.05) is 6.61 Å². The minimum Gasteiger partial charge on any atom is -0.462 e. The maximum absolute atomic E-state index is 11.8. The van der Waals surface area contributed by atoms with E-state index in [-0.39, 0.29) is 5.43 Å². The summed E-state index contributed by atoms with van der Waals surface area (Å²) in [7, 11) is 0. The first-order chi connectivity index (χ1) is 9.70. The van der Waals surface area contributed by atoms with Crippen LogP contribution in [0.5, 0.6) is 0 Å². The number of nitrogens with zero attached hydrogens (tertiary/aromatic N) is 1. The molecule has 0 aliphatic rings. The molecule has 0 bridgehead atoms. The number of esters is 1. The summed E-state index contributed by atoms with van der Waals surface area (Å²) in [5.74, 6) is -0.399. The summed E-state index contributed by atoms with van der Waals surface area (Å²) in [5, 5.41) is 1.36. The number of nitrogens with one attached hydrogen (secondary N) is 1. The summed E-state index contributed by atoms with van der Waals surface area (Å²) in [6.07, 6.45) is 3.05. The van der Waals surface area contributed by atoms with Gasteiger partial charge in [-0.3, -0.25) is 9.78 Å². The topological polar surface area (TPSA) is 72.0 Å². The first-order valence-electron chi connectivity index (χ1n) is 6.28. The van der Waals surface area contributed by atoms with Gasteiger partial charge in [0.1, 0.15) is 0 Å². The number of ether oxygens (including phenoxy) is 1. The van der Waals surface area contributed by atoms with Gasteiger partial charge in [-0.15, -0.1) is 0 Å². The van der Waals surface area contributed by atoms with E-state index in [1.54, 1.807) is 31.3 Å².